The maximum atomic E-state index is 12.7. The molecular weight excluding hydrogens is 673 g/mol. The van der Waals surface area contributed by atoms with E-state index in [2.05, 4.69) is 34.6 Å². The fourth-order valence-corrected chi connectivity index (χ4v) is 7.04. The molecule has 0 saturated carbocycles. The highest BCUT2D eigenvalue weighted by Gasteiger charge is 2.19. The molecule has 6 nitrogen and oxygen atoms in total. The number of unbranched alkanes of at least 4 members (excludes halogenated alkanes) is 25. The molecule has 0 rings (SSSR count). The molecule has 0 radical (unpaired) electrons. The Kier molecular flexibility index (Phi) is 39.8. The Morgan fingerprint density at radius 2 is 0.648 bits per heavy atom. The van der Waals surface area contributed by atoms with E-state index in [1.807, 2.05) is 0 Å². The second-order valence-electron chi connectivity index (χ2n) is 16.9. The van der Waals surface area contributed by atoms with Crippen molar-refractivity contribution in [1.29, 1.82) is 0 Å². The Hall–Kier alpha value is -1.59. The Morgan fingerprint density at radius 3 is 0.963 bits per heavy atom. The zero-order chi connectivity index (χ0) is 39.7. The van der Waals surface area contributed by atoms with Gasteiger partial charge in [0.1, 0.15) is 13.2 Å². The molecule has 0 aliphatic rings. The third-order valence-corrected chi connectivity index (χ3v) is 11.4. The molecule has 0 aromatic rings. The first kappa shape index (κ1) is 52.4. The van der Waals surface area contributed by atoms with E-state index in [9.17, 15) is 14.4 Å². The van der Waals surface area contributed by atoms with Crippen LogP contribution in [0.2, 0.25) is 0 Å². The van der Waals surface area contributed by atoms with E-state index in [1.165, 1.54) is 148 Å². The van der Waals surface area contributed by atoms with Gasteiger partial charge in [0.2, 0.25) is 0 Å². The molecule has 54 heavy (non-hydrogen) atoms. The van der Waals surface area contributed by atoms with E-state index in [0.29, 0.717) is 19.3 Å². The Morgan fingerprint density at radius 1 is 0.370 bits per heavy atom. The summed E-state index contributed by atoms with van der Waals surface area (Å²) in [7, 11) is 0. The van der Waals surface area contributed by atoms with Gasteiger partial charge in [-0.3, -0.25) is 14.4 Å². The SMILES string of the molecule is CCCCCCCCCCCCC(=O)O[C@@H](COC(=O)CCCCCCCCCCCCC(C)CC)COC(=O)CCCCCCCCCCC(C)CC. The van der Waals surface area contributed by atoms with Crippen LogP contribution in [0.4, 0.5) is 0 Å². The van der Waals surface area contributed by atoms with Crippen molar-refractivity contribution < 1.29 is 28.6 Å². The molecule has 0 aliphatic carbocycles. The van der Waals surface area contributed by atoms with Crippen molar-refractivity contribution in [3.8, 4) is 0 Å². The van der Waals surface area contributed by atoms with E-state index < -0.39 is 6.10 Å². The third-order valence-electron chi connectivity index (χ3n) is 11.4. The van der Waals surface area contributed by atoms with Crippen molar-refractivity contribution in [3.05, 3.63) is 0 Å². The predicted molar refractivity (Wildman–Crippen MR) is 229 cm³/mol. The summed E-state index contributed by atoms with van der Waals surface area (Å²) in [6, 6.07) is 0. The molecule has 0 spiro atoms. The van der Waals surface area contributed by atoms with Gasteiger partial charge in [0, 0.05) is 19.3 Å². The van der Waals surface area contributed by atoms with E-state index in [4.69, 9.17) is 14.2 Å². The Balaban J connectivity index is 4.33. The lowest BCUT2D eigenvalue weighted by Crippen LogP contribution is -2.30. The normalized spacial score (nSPS) is 13.1. The maximum Gasteiger partial charge on any atom is 0.306 e. The van der Waals surface area contributed by atoms with Crippen LogP contribution >= 0.6 is 0 Å². The quantitative estimate of drug-likeness (QED) is 0.0350. The van der Waals surface area contributed by atoms with Crippen molar-refractivity contribution in [2.24, 2.45) is 11.8 Å². The van der Waals surface area contributed by atoms with Gasteiger partial charge in [-0.1, -0.05) is 221 Å². The van der Waals surface area contributed by atoms with Crippen LogP contribution in [0.5, 0.6) is 0 Å². The molecule has 0 amide bonds. The number of ether oxygens (including phenoxy) is 3. The molecule has 0 N–H and O–H groups in total. The Bertz CT molecular complexity index is 828. The van der Waals surface area contributed by atoms with Crippen LogP contribution in [0.3, 0.4) is 0 Å². The van der Waals surface area contributed by atoms with Gasteiger partial charge in [0.15, 0.2) is 6.10 Å². The van der Waals surface area contributed by atoms with Gasteiger partial charge in [0.25, 0.3) is 0 Å². The molecule has 0 saturated heterocycles. The summed E-state index contributed by atoms with van der Waals surface area (Å²) >= 11 is 0. The van der Waals surface area contributed by atoms with Gasteiger partial charge < -0.3 is 14.2 Å². The number of rotatable bonds is 42. The van der Waals surface area contributed by atoms with Gasteiger partial charge in [-0.15, -0.1) is 0 Å². The van der Waals surface area contributed by atoms with Crippen LogP contribution in [-0.2, 0) is 28.6 Å². The largest absolute Gasteiger partial charge is 0.462 e. The first-order valence-corrected chi connectivity index (χ1v) is 23.8. The van der Waals surface area contributed by atoms with Crippen molar-refractivity contribution in [1.82, 2.24) is 0 Å². The molecule has 0 bridgehead atoms. The lowest BCUT2D eigenvalue weighted by molar-refractivity contribution is -0.167. The van der Waals surface area contributed by atoms with Crippen LogP contribution in [0, 0.1) is 11.8 Å². The first-order valence-electron chi connectivity index (χ1n) is 23.8. The second kappa shape index (κ2) is 41.1. The maximum absolute atomic E-state index is 12.7. The summed E-state index contributed by atoms with van der Waals surface area (Å²) in [5, 5.41) is 0. The third kappa shape index (κ3) is 38.7. The van der Waals surface area contributed by atoms with Crippen LogP contribution < -0.4 is 0 Å². The summed E-state index contributed by atoms with van der Waals surface area (Å²) in [5.74, 6) is 0.861. The average molecular weight is 765 g/mol. The highest BCUT2D eigenvalue weighted by molar-refractivity contribution is 5.71. The molecule has 0 aromatic heterocycles. The van der Waals surface area contributed by atoms with Crippen LogP contribution in [0.25, 0.3) is 0 Å². The van der Waals surface area contributed by atoms with Gasteiger partial charge in [-0.05, 0) is 31.1 Å². The van der Waals surface area contributed by atoms with Gasteiger partial charge in [-0.25, -0.2) is 0 Å². The summed E-state index contributed by atoms with van der Waals surface area (Å²) in [6.07, 6.45) is 39.3. The molecule has 6 heteroatoms. The van der Waals surface area contributed by atoms with Gasteiger partial charge >= 0.3 is 17.9 Å². The molecule has 2 unspecified atom stereocenters. The molecule has 0 heterocycles. The number of carbonyl (C=O) groups excluding carboxylic acids is 3. The molecule has 320 valence electrons. The minimum absolute atomic E-state index is 0.0649. The smallest absolute Gasteiger partial charge is 0.306 e. The second-order valence-corrected chi connectivity index (χ2v) is 16.9. The fourth-order valence-electron chi connectivity index (χ4n) is 7.04. The lowest BCUT2D eigenvalue weighted by Gasteiger charge is -2.18. The van der Waals surface area contributed by atoms with E-state index >= 15 is 0 Å². The van der Waals surface area contributed by atoms with Crippen molar-refractivity contribution in [3.63, 3.8) is 0 Å². The summed E-state index contributed by atoms with van der Waals surface area (Å²) < 4.78 is 16.7. The predicted octanol–water partition coefficient (Wildman–Crippen LogP) is 15.0. The average Bonchev–Trinajstić information content (AvgIpc) is 3.17. The Labute approximate surface area is 336 Å². The number of carbonyl (C=O) groups is 3. The fraction of sp³-hybridized carbons (Fsp3) is 0.938. The zero-order valence-electron chi connectivity index (χ0n) is 36.8. The molecule has 0 aromatic carbocycles. The van der Waals surface area contributed by atoms with Crippen LogP contribution in [0.1, 0.15) is 259 Å². The van der Waals surface area contributed by atoms with Gasteiger partial charge in [-0.2, -0.15) is 0 Å². The monoisotopic (exact) mass is 765 g/mol. The number of hydrogen-bond donors (Lipinski definition) is 0. The molecule has 3 atom stereocenters. The minimum atomic E-state index is -0.760. The standard InChI is InChI=1S/C48H92O6/c1-6-9-10-11-12-13-17-25-30-35-40-48(51)54-45(42-53-47(50)39-34-29-24-20-19-22-27-32-37-44(5)8-3)41-52-46(49)38-33-28-23-18-15-14-16-21-26-31-36-43(4)7-2/h43-45H,6-42H2,1-5H3/t43?,44?,45-/m0/s1. The first-order chi connectivity index (χ1) is 26.3. The molecule has 0 fully saturated rings. The lowest BCUT2D eigenvalue weighted by atomic mass is 9.99. The van der Waals surface area contributed by atoms with Gasteiger partial charge in [0.05, 0.1) is 0 Å². The van der Waals surface area contributed by atoms with E-state index in [0.717, 1.165) is 69.6 Å². The van der Waals surface area contributed by atoms with E-state index in [-0.39, 0.29) is 31.1 Å². The number of esters is 3. The van der Waals surface area contributed by atoms with Crippen LogP contribution in [0.15, 0.2) is 0 Å². The highest BCUT2D eigenvalue weighted by atomic mass is 16.6. The van der Waals surface area contributed by atoms with Crippen molar-refractivity contribution in [2.45, 2.75) is 265 Å². The molecule has 0 aliphatic heterocycles. The van der Waals surface area contributed by atoms with Crippen molar-refractivity contribution in [2.75, 3.05) is 13.2 Å². The zero-order valence-corrected chi connectivity index (χ0v) is 36.8. The molecular formula is C48H92O6. The van der Waals surface area contributed by atoms with E-state index in [1.54, 1.807) is 0 Å². The minimum Gasteiger partial charge on any atom is -0.462 e. The van der Waals surface area contributed by atoms with Crippen molar-refractivity contribution >= 4 is 17.9 Å². The number of hydrogen-bond acceptors (Lipinski definition) is 6. The highest BCUT2D eigenvalue weighted by Crippen LogP contribution is 2.18. The summed E-state index contributed by atoms with van der Waals surface area (Å²) in [6.45, 7) is 11.4. The van der Waals surface area contributed by atoms with Crippen LogP contribution in [-0.4, -0.2) is 37.2 Å². The topological polar surface area (TPSA) is 78.9 Å². The summed E-state index contributed by atoms with van der Waals surface area (Å²) in [4.78, 5) is 37.7. The summed E-state index contributed by atoms with van der Waals surface area (Å²) in [5.41, 5.74) is 0.